The minimum absolute atomic E-state index is 0.0964. The van der Waals surface area contributed by atoms with Gasteiger partial charge >= 0.3 is 5.97 Å². The van der Waals surface area contributed by atoms with E-state index >= 15 is 0 Å². The van der Waals surface area contributed by atoms with Gasteiger partial charge in [0.2, 0.25) is 0 Å². The second-order valence-electron chi connectivity index (χ2n) is 5.90. The molecule has 1 saturated heterocycles. The number of piperidine rings is 1. The van der Waals surface area contributed by atoms with Gasteiger partial charge in [0.15, 0.2) is 5.78 Å². The van der Waals surface area contributed by atoms with Gasteiger partial charge in [0.25, 0.3) is 0 Å². The molecule has 1 aliphatic rings. The van der Waals surface area contributed by atoms with Crippen molar-refractivity contribution in [2.75, 3.05) is 13.1 Å². The second-order valence-corrected chi connectivity index (χ2v) is 5.90. The summed E-state index contributed by atoms with van der Waals surface area (Å²) >= 11 is 0. The first-order chi connectivity index (χ1) is 9.99. The standard InChI is InChI=1S/C16H24N2O3/c1-12-6-3-4-7-17(12)8-5-9-18-11-14(13(2)19)10-15(18)16(20)21/h10-12H,3-9H2,1-2H3,(H,20,21). The van der Waals surface area contributed by atoms with Crippen LogP contribution >= 0.6 is 0 Å². The normalized spacial score (nSPS) is 19.6. The lowest BCUT2D eigenvalue weighted by Gasteiger charge is -2.33. The van der Waals surface area contributed by atoms with E-state index < -0.39 is 5.97 Å². The van der Waals surface area contributed by atoms with E-state index in [1.54, 1.807) is 10.8 Å². The van der Waals surface area contributed by atoms with Crippen LogP contribution in [0.25, 0.3) is 0 Å². The van der Waals surface area contributed by atoms with E-state index in [0.717, 1.165) is 19.5 Å². The van der Waals surface area contributed by atoms with Crippen LogP contribution in [0, 0.1) is 0 Å². The molecular weight excluding hydrogens is 268 g/mol. The van der Waals surface area contributed by atoms with Gasteiger partial charge in [-0.05, 0) is 45.7 Å². The number of aromatic nitrogens is 1. The molecule has 5 heteroatoms. The van der Waals surface area contributed by atoms with Crippen LogP contribution in [0.1, 0.15) is 60.4 Å². The maximum atomic E-state index is 11.4. The van der Waals surface area contributed by atoms with E-state index in [4.69, 9.17) is 0 Å². The van der Waals surface area contributed by atoms with Crippen LogP contribution in [-0.2, 0) is 6.54 Å². The minimum atomic E-state index is -0.978. The Morgan fingerprint density at radius 3 is 2.71 bits per heavy atom. The van der Waals surface area contributed by atoms with Crippen molar-refractivity contribution in [1.82, 2.24) is 9.47 Å². The van der Waals surface area contributed by atoms with Crippen LogP contribution in [0.15, 0.2) is 12.3 Å². The van der Waals surface area contributed by atoms with E-state index in [0.29, 0.717) is 18.2 Å². The molecule has 1 fully saturated rings. The second kappa shape index (κ2) is 6.89. The molecule has 0 aliphatic carbocycles. The summed E-state index contributed by atoms with van der Waals surface area (Å²) in [6, 6.07) is 2.09. The number of aromatic carboxylic acids is 1. The lowest BCUT2D eigenvalue weighted by Crippen LogP contribution is -2.38. The van der Waals surface area contributed by atoms with Crippen LogP contribution in [0.5, 0.6) is 0 Å². The maximum Gasteiger partial charge on any atom is 0.352 e. The zero-order valence-electron chi connectivity index (χ0n) is 12.8. The lowest BCUT2D eigenvalue weighted by atomic mass is 10.0. The summed E-state index contributed by atoms with van der Waals surface area (Å²) in [4.78, 5) is 25.1. The number of Topliss-reactive ketones (excluding diaryl/α,β-unsaturated/α-hetero) is 1. The van der Waals surface area contributed by atoms with Crippen LogP contribution in [0.4, 0.5) is 0 Å². The van der Waals surface area contributed by atoms with Gasteiger partial charge in [0, 0.05) is 30.9 Å². The average Bonchev–Trinajstić information content (AvgIpc) is 2.85. The fourth-order valence-corrected chi connectivity index (χ4v) is 3.00. The van der Waals surface area contributed by atoms with Crippen molar-refractivity contribution in [2.45, 2.75) is 52.1 Å². The van der Waals surface area contributed by atoms with E-state index in [9.17, 15) is 14.7 Å². The van der Waals surface area contributed by atoms with Crippen LogP contribution < -0.4 is 0 Å². The molecule has 1 aromatic heterocycles. The van der Waals surface area contributed by atoms with Crippen molar-refractivity contribution < 1.29 is 14.7 Å². The number of rotatable bonds is 6. The first kappa shape index (κ1) is 15.8. The molecule has 0 spiro atoms. The predicted molar refractivity (Wildman–Crippen MR) is 80.9 cm³/mol. The Morgan fingerprint density at radius 1 is 1.33 bits per heavy atom. The fourth-order valence-electron chi connectivity index (χ4n) is 3.00. The summed E-state index contributed by atoms with van der Waals surface area (Å²) in [5, 5.41) is 9.21. The highest BCUT2D eigenvalue weighted by molar-refractivity contribution is 5.97. The molecule has 0 bridgehead atoms. The third-order valence-electron chi connectivity index (χ3n) is 4.31. The molecule has 5 nitrogen and oxygen atoms in total. The molecule has 1 aromatic rings. The number of nitrogens with zero attached hydrogens (tertiary/aromatic N) is 2. The van der Waals surface area contributed by atoms with Crippen molar-refractivity contribution in [3.63, 3.8) is 0 Å². The number of hydrogen-bond donors (Lipinski definition) is 1. The van der Waals surface area contributed by atoms with E-state index in [1.807, 2.05) is 0 Å². The average molecular weight is 292 g/mol. The van der Waals surface area contributed by atoms with Gasteiger partial charge < -0.3 is 14.6 Å². The smallest absolute Gasteiger partial charge is 0.352 e. The van der Waals surface area contributed by atoms with E-state index in [-0.39, 0.29) is 11.5 Å². The topological polar surface area (TPSA) is 62.5 Å². The van der Waals surface area contributed by atoms with E-state index in [2.05, 4.69) is 11.8 Å². The Balaban J connectivity index is 1.95. The monoisotopic (exact) mass is 292 g/mol. The molecule has 116 valence electrons. The maximum absolute atomic E-state index is 11.4. The van der Waals surface area contributed by atoms with Crippen LogP contribution in [0.3, 0.4) is 0 Å². The number of aryl methyl sites for hydroxylation is 1. The number of ketones is 1. The summed E-state index contributed by atoms with van der Waals surface area (Å²) in [5.41, 5.74) is 0.672. The molecule has 2 heterocycles. The number of carbonyl (C=O) groups is 2. The van der Waals surface area contributed by atoms with Crippen molar-refractivity contribution >= 4 is 11.8 Å². The Morgan fingerprint density at radius 2 is 2.10 bits per heavy atom. The van der Waals surface area contributed by atoms with Gasteiger partial charge in [-0.15, -0.1) is 0 Å². The highest BCUT2D eigenvalue weighted by Gasteiger charge is 2.18. The molecule has 0 radical (unpaired) electrons. The molecule has 1 unspecified atom stereocenters. The largest absolute Gasteiger partial charge is 0.477 e. The predicted octanol–water partition coefficient (Wildman–Crippen LogP) is 2.65. The summed E-state index contributed by atoms with van der Waals surface area (Å²) in [5.74, 6) is -1.07. The number of carbonyl (C=O) groups excluding carboxylic acids is 1. The van der Waals surface area contributed by atoms with Gasteiger partial charge in [-0.25, -0.2) is 4.79 Å². The SMILES string of the molecule is CC(=O)c1cc(C(=O)O)n(CCCN2CCCCC2C)c1. The Bertz CT molecular complexity index is 522. The van der Waals surface area contributed by atoms with Gasteiger partial charge in [-0.1, -0.05) is 6.42 Å². The Labute approximate surface area is 125 Å². The molecule has 1 aliphatic heterocycles. The van der Waals surface area contributed by atoms with Crippen molar-refractivity contribution in [1.29, 1.82) is 0 Å². The van der Waals surface area contributed by atoms with Crippen molar-refractivity contribution in [3.05, 3.63) is 23.5 Å². The molecule has 2 rings (SSSR count). The Hall–Kier alpha value is -1.62. The summed E-state index contributed by atoms with van der Waals surface area (Å²) in [7, 11) is 0. The van der Waals surface area contributed by atoms with Gasteiger partial charge in [-0.2, -0.15) is 0 Å². The zero-order chi connectivity index (χ0) is 15.4. The molecule has 0 aromatic carbocycles. The van der Waals surface area contributed by atoms with Gasteiger partial charge in [0.05, 0.1) is 0 Å². The molecule has 0 saturated carbocycles. The van der Waals surface area contributed by atoms with Crippen molar-refractivity contribution in [3.8, 4) is 0 Å². The van der Waals surface area contributed by atoms with Crippen molar-refractivity contribution in [2.24, 2.45) is 0 Å². The third-order valence-corrected chi connectivity index (χ3v) is 4.31. The molecule has 1 N–H and O–H groups in total. The Kier molecular flexibility index (Phi) is 5.17. The summed E-state index contributed by atoms with van der Waals surface area (Å²) < 4.78 is 1.69. The first-order valence-electron chi connectivity index (χ1n) is 7.67. The quantitative estimate of drug-likeness (QED) is 0.819. The summed E-state index contributed by atoms with van der Waals surface area (Å²) in [6.45, 7) is 6.47. The van der Waals surface area contributed by atoms with E-state index in [1.165, 1.54) is 32.3 Å². The number of carboxylic acid groups (broad SMARTS) is 1. The van der Waals surface area contributed by atoms with Gasteiger partial charge in [0.1, 0.15) is 5.69 Å². The zero-order valence-corrected chi connectivity index (χ0v) is 12.8. The number of hydrogen-bond acceptors (Lipinski definition) is 3. The highest BCUT2D eigenvalue weighted by Crippen LogP contribution is 2.17. The first-order valence-corrected chi connectivity index (χ1v) is 7.67. The highest BCUT2D eigenvalue weighted by atomic mass is 16.4. The summed E-state index contributed by atoms with van der Waals surface area (Å²) in [6.07, 6.45) is 6.36. The number of likely N-dealkylation sites (tertiary alicyclic amines) is 1. The third kappa shape index (κ3) is 3.94. The lowest BCUT2D eigenvalue weighted by molar-refractivity contribution is 0.0684. The fraction of sp³-hybridized carbons (Fsp3) is 0.625. The molecule has 1 atom stereocenters. The molecule has 0 amide bonds. The number of carboxylic acids is 1. The van der Waals surface area contributed by atoms with Gasteiger partial charge in [-0.3, -0.25) is 4.79 Å². The van der Waals surface area contributed by atoms with Crippen LogP contribution in [-0.4, -0.2) is 45.5 Å². The molecular formula is C16H24N2O3. The van der Waals surface area contributed by atoms with Crippen LogP contribution in [0.2, 0.25) is 0 Å². The minimum Gasteiger partial charge on any atom is -0.477 e. The molecule has 21 heavy (non-hydrogen) atoms.